The van der Waals surface area contributed by atoms with Gasteiger partial charge in [0.15, 0.2) is 0 Å². The van der Waals surface area contributed by atoms with Gasteiger partial charge in [-0.25, -0.2) is 0 Å². The van der Waals surface area contributed by atoms with Crippen LogP contribution < -0.4 is 10.1 Å². The Labute approximate surface area is 225 Å². The first-order chi connectivity index (χ1) is 17.8. The van der Waals surface area contributed by atoms with Gasteiger partial charge in [-0.3, -0.25) is 0 Å². The predicted molar refractivity (Wildman–Crippen MR) is 146 cm³/mol. The van der Waals surface area contributed by atoms with Gasteiger partial charge in [0.05, 0.1) is 29.9 Å². The molecule has 2 atom stereocenters. The first kappa shape index (κ1) is 28.6. The molecule has 1 saturated carbocycles. The van der Waals surface area contributed by atoms with Crippen LogP contribution in [0, 0.1) is 11.8 Å². The van der Waals surface area contributed by atoms with E-state index in [2.05, 4.69) is 11.9 Å². The summed E-state index contributed by atoms with van der Waals surface area (Å²) in [6.07, 6.45) is 1.05. The minimum Gasteiger partial charge on any atom is -0.497 e. The molecule has 0 amide bonds. The smallest absolute Gasteiger partial charge is 0.490 e. The lowest BCUT2D eigenvalue weighted by Crippen LogP contribution is -2.41. The number of alkyl halides is 3. The molecule has 2 aliphatic rings. The molecule has 1 aliphatic carbocycles. The number of rotatable bonds is 8. The molecular formula is C30H39BF3NO3. The third-order valence-corrected chi connectivity index (χ3v) is 8.51. The molecule has 0 aromatic heterocycles. The quantitative estimate of drug-likeness (QED) is 0.350. The monoisotopic (exact) mass is 529 g/mol. The second-order valence-electron chi connectivity index (χ2n) is 11.6. The Hall–Kier alpha value is -2.45. The fourth-order valence-corrected chi connectivity index (χ4v) is 5.56. The standard InChI is InChI=1S/C30H39BF3NO3/c1-20(31-37-28(2,3)29(4,5)38-31)26(21-10-8-7-9-11-21)27(35-24-16-18-25(36-6)19-17-24)22-12-14-23(15-13-22)30(32,33)34/h12-19,21,26-27,35H,1,7-11H2,2-6H3/t26-,27-/m0/s1. The zero-order valence-corrected chi connectivity index (χ0v) is 23.0. The molecule has 1 aliphatic heterocycles. The van der Waals surface area contributed by atoms with Gasteiger partial charge in [0.25, 0.3) is 0 Å². The van der Waals surface area contributed by atoms with Crippen LogP contribution in [0.5, 0.6) is 5.75 Å². The van der Waals surface area contributed by atoms with Crippen molar-refractivity contribution in [2.75, 3.05) is 12.4 Å². The zero-order valence-electron chi connectivity index (χ0n) is 23.0. The Bertz CT molecular complexity index is 1080. The lowest BCUT2D eigenvalue weighted by atomic mass is 9.61. The summed E-state index contributed by atoms with van der Waals surface area (Å²) in [6.45, 7) is 12.6. The molecule has 1 saturated heterocycles. The largest absolute Gasteiger partial charge is 0.497 e. The Morgan fingerprint density at radius 1 is 0.947 bits per heavy atom. The number of benzene rings is 2. The Kier molecular flexibility index (Phi) is 8.24. The van der Waals surface area contributed by atoms with E-state index in [1.54, 1.807) is 19.2 Å². The van der Waals surface area contributed by atoms with Gasteiger partial charge < -0.3 is 19.4 Å². The molecule has 0 unspecified atom stereocenters. The number of halogens is 3. The van der Waals surface area contributed by atoms with Crippen molar-refractivity contribution in [3.63, 3.8) is 0 Å². The number of methoxy groups -OCH3 is 1. The molecule has 4 nitrogen and oxygen atoms in total. The van der Waals surface area contributed by atoms with E-state index in [1.165, 1.54) is 6.42 Å². The van der Waals surface area contributed by atoms with Crippen molar-refractivity contribution in [2.45, 2.75) is 83.2 Å². The van der Waals surface area contributed by atoms with Gasteiger partial charge >= 0.3 is 13.3 Å². The normalized spacial score (nSPS) is 21.1. The van der Waals surface area contributed by atoms with Crippen LogP contribution in [0.25, 0.3) is 0 Å². The molecule has 8 heteroatoms. The van der Waals surface area contributed by atoms with Crippen LogP contribution in [0.1, 0.15) is 77.0 Å². The van der Waals surface area contributed by atoms with Crippen LogP contribution in [-0.2, 0) is 15.5 Å². The van der Waals surface area contributed by atoms with Gasteiger partial charge in [-0.15, -0.1) is 6.58 Å². The molecule has 2 aromatic carbocycles. The number of hydrogen-bond donors (Lipinski definition) is 1. The van der Waals surface area contributed by atoms with E-state index in [4.69, 9.17) is 14.0 Å². The zero-order chi connectivity index (χ0) is 27.7. The fraction of sp³-hybridized carbons (Fsp3) is 0.533. The summed E-state index contributed by atoms with van der Waals surface area (Å²) in [6, 6.07) is 12.7. The average molecular weight is 529 g/mol. The summed E-state index contributed by atoms with van der Waals surface area (Å²) >= 11 is 0. The van der Waals surface area contributed by atoms with Gasteiger partial charge in [0.1, 0.15) is 5.75 Å². The summed E-state index contributed by atoms with van der Waals surface area (Å²) < 4.78 is 58.3. The first-order valence-corrected chi connectivity index (χ1v) is 13.4. The molecule has 206 valence electrons. The minimum absolute atomic E-state index is 0.121. The summed E-state index contributed by atoms with van der Waals surface area (Å²) in [5.74, 6) is 0.893. The van der Waals surface area contributed by atoms with Crippen LogP contribution in [0.3, 0.4) is 0 Å². The van der Waals surface area contributed by atoms with Crippen molar-refractivity contribution in [1.82, 2.24) is 0 Å². The SMILES string of the molecule is C=C(B1OC(C)(C)C(C)(C)O1)[C@@H](C1CCCCC1)[C@@H](Nc1ccc(OC)cc1)c1ccc(C(F)(F)F)cc1. The molecule has 1 heterocycles. The van der Waals surface area contributed by atoms with E-state index in [1.807, 2.05) is 52.0 Å². The predicted octanol–water partition coefficient (Wildman–Crippen LogP) is 8.25. The van der Waals surface area contributed by atoms with Gasteiger partial charge in [0.2, 0.25) is 0 Å². The van der Waals surface area contributed by atoms with Crippen LogP contribution >= 0.6 is 0 Å². The number of anilines is 1. The van der Waals surface area contributed by atoms with Crippen LogP contribution in [0.15, 0.2) is 60.6 Å². The molecule has 2 fully saturated rings. The van der Waals surface area contributed by atoms with Gasteiger partial charge in [0, 0.05) is 11.6 Å². The maximum absolute atomic E-state index is 13.4. The van der Waals surface area contributed by atoms with E-state index in [0.29, 0.717) is 0 Å². The maximum Gasteiger partial charge on any atom is 0.490 e. The van der Waals surface area contributed by atoms with Crippen molar-refractivity contribution >= 4 is 12.8 Å². The highest BCUT2D eigenvalue weighted by Gasteiger charge is 2.54. The Morgan fingerprint density at radius 3 is 2.00 bits per heavy atom. The molecule has 38 heavy (non-hydrogen) atoms. The molecule has 1 N–H and O–H groups in total. The summed E-state index contributed by atoms with van der Waals surface area (Å²) in [4.78, 5) is 0. The summed E-state index contributed by atoms with van der Waals surface area (Å²) in [5.41, 5.74) is 0.723. The van der Waals surface area contributed by atoms with E-state index in [-0.39, 0.29) is 17.9 Å². The van der Waals surface area contributed by atoms with Crippen molar-refractivity contribution in [2.24, 2.45) is 11.8 Å². The van der Waals surface area contributed by atoms with E-state index >= 15 is 0 Å². The second-order valence-corrected chi connectivity index (χ2v) is 11.6. The van der Waals surface area contributed by atoms with Gasteiger partial charge in [-0.05, 0) is 93.9 Å². The fourth-order valence-electron chi connectivity index (χ4n) is 5.56. The third kappa shape index (κ3) is 6.07. The summed E-state index contributed by atoms with van der Waals surface area (Å²) in [7, 11) is 1.00. The van der Waals surface area contributed by atoms with Crippen molar-refractivity contribution in [1.29, 1.82) is 0 Å². The highest BCUT2D eigenvalue weighted by Crippen LogP contribution is 2.47. The molecule has 0 bridgehead atoms. The van der Waals surface area contributed by atoms with Crippen molar-refractivity contribution in [3.05, 3.63) is 71.7 Å². The van der Waals surface area contributed by atoms with Gasteiger partial charge in [-0.1, -0.05) is 31.4 Å². The Morgan fingerprint density at radius 2 is 1.50 bits per heavy atom. The molecule has 4 rings (SSSR count). The average Bonchev–Trinajstić information content (AvgIpc) is 3.10. The maximum atomic E-state index is 13.4. The van der Waals surface area contributed by atoms with Crippen LogP contribution in [-0.4, -0.2) is 25.4 Å². The molecule has 0 spiro atoms. The Balaban J connectivity index is 1.75. The van der Waals surface area contributed by atoms with Crippen LogP contribution in [0.4, 0.5) is 18.9 Å². The van der Waals surface area contributed by atoms with Crippen LogP contribution in [0.2, 0.25) is 0 Å². The first-order valence-electron chi connectivity index (χ1n) is 13.4. The minimum atomic E-state index is -4.40. The second kappa shape index (κ2) is 11.0. The molecule has 2 aromatic rings. The number of hydrogen-bond acceptors (Lipinski definition) is 4. The number of nitrogens with one attached hydrogen (secondary N) is 1. The van der Waals surface area contributed by atoms with E-state index in [9.17, 15) is 13.2 Å². The molecule has 0 radical (unpaired) electrons. The van der Waals surface area contributed by atoms with E-state index < -0.39 is 30.1 Å². The third-order valence-electron chi connectivity index (χ3n) is 8.51. The van der Waals surface area contributed by atoms with E-state index in [0.717, 1.165) is 60.3 Å². The lowest BCUT2D eigenvalue weighted by molar-refractivity contribution is -0.137. The van der Waals surface area contributed by atoms with Crippen molar-refractivity contribution < 1.29 is 27.2 Å². The van der Waals surface area contributed by atoms with Crippen molar-refractivity contribution in [3.8, 4) is 5.75 Å². The highest BCUT2D eigenvalue weighted by molar-refractivity contribution is 6.54. The number of ether oxygens (including phenoxy) is 1. The highest BCUT2D eigenvalue weighted by atomic mass is 19.4. The van der Waals surface area contributed by atoms with Gasteiger partial charge in [-0.2, -0.15) is 13.2 Å². The lowest BCUT2D eigenvalue weighted by Gasteiger charge is -2.39. The molecular weight excluding hydrogens is 490 g/mol. The topological polar surface area (TPSA) is 39.7 Å². The summed E-state index contributed by atoms with van der Waals surface area (Å²) in [5, 5.41) is 3.64.